The molecule has 0 unspecified atom stereocenters. The molecule has 7 nitrogen and oxygen atoms in total. The van der Waals surface area contributed by atoms with Crippen molar-refractivity contribution in [1.29, 1.82) is 0 Å². The molecule has 0 bridgehead atoms. The van der Waals surface area contributed by atoms with E-state index in [0.29, 0.717) is 23.6 Å². The van der Waals surface area contributed by atoms with Crippen molar-refractivity contribution in [2.24, 2.45) is 0 Å². The third-order valence-electron chi connectivity index (χ3n) is 4.51. The number of hydrogen-bond acceptors (Lipinski definition) is 5. The molecule has 1 amide bonds. The molecule has 0 heterocycles. The van der Waals surface area contributed by atoms with Crippen LogP contribution in [-0.2, 0) is 16.6 Å². The number of carbonyl (C=O) groups is 1. The zero-order valence-electron chi connectivity index (χ0n) is 17.6. The molecule has 0 spiro atoms. The third-order valence-corrected chi connectivity index (χ3v) is 5.91. The minimum Gasteiger partial charge on any atom is -0.494 e. The molecule has 0 fully saturated rings. The average Bonchev–Trinajstić information content (AvgIpc) is 2.79. The number of amides is 1. The third kappa shape index (κ3) is 5.76. The van der Waals surface area contributed by atoms with E-state index in [9.17, 15) is 17.6 Å². The predicted octanol–water partition coefficient (Wildman–Crippen LogP) is 3.96. The molecule has 0 aliphatic rings. The first kappa shape index (κ1) is 23.1. The van der Waals surface area contributed by atoms with Crippen molar-refractivity contribution in [3.63, 3.8) is 0 Å². The highest BCUT2D eigenvalue weighted by atomic mass is 32.2. The molecule has 0 saturated heterocycles. The highest BCUT2D eigenvalue weighted by Gasteiger charge is 2.15. The van der Waals surface area contributed by atoms with Crippen molar-refractivity contribution in [1.82, 2.24) is 5.32 Å². The van der Waals surface area contributed by atoms with E-state index >= 15 is 0 Å². The Kier molecular flexibility index (Phi) is 7.32. The van der Waals surface area contributed by atoms with E-state index in [0.717, 1.165) is 0 Å². The van der Waals surface area contributed by atoms with Gasteiger partial charge in [-0.2, -0.15) is 0 Å². The maximum absolute atomic E-state index is 13.8. The molecule has 0 aliphatic carbocycles. The van der Waals surface area contributed by atoms with Gasteiger partial charge < -0.3 is 14.8 Å². The fraction of sp³-hybridized carbons (Fsp3) is 0.174. The van der Waals surface area contributed by atoms with Crippen LogP contribution in [0.2, 0.25) is 0 Å². The average molecular weight is 459 g/mol. The Morgan fingerprint density at radius 3 is 2.28 bits per heavy atom. The Labute approximate surface area is 186 Å². The largest absolute Gasteiger partial charge is 0.494 e. The lowest BCUT2D eigenvalue weighted by Crippen LogP contribution is -2.23. The number of rotatable bonds is 9. The number of ether oxygens (including phenoxy) is 2. The van der Waals surface area contributed by atoms with Gasteiger partial charge in [-0.05, 0) is 73.2 Å². The van der Waals surface area contributed by atoms with Crippen molar-refractivity contribution in [2.75, 3.05) is 18.4 Å². The summed E-state index contributed by atoms with van der Waals surface area (Å²) in [7, 11) is -2.45. The summed E-state index contributed by atoms with van der Waals surface area (Å²) in [6.07, 6.45) is 0. The van der Waals surface area contributed by atoms with E-state index in [2.05, 4.69) is 10.0 Å². The van der Waals surface area contributed by atoms with Crippen LogP contribution in [-0.4, -0.2) is 28.0 Å². The van der Waals surface area contributed by atoms with Gasteiger partial charge in [0.2, 0.25) is 0 Å². The zero-order chi connectivity index (χ0) is 23.1. The predicted molar refractivity (Wildman–Crippen MR) is 119 cm³/mol. The highest BCUT2D eigenvalue weighted by Crippen LogP contribution is 2.20. The van der Waals surface area contributed by atoms with E-state index in [1.165, 1.54) is 43.5 Å². The quantitative estimate of drug-likeness (QED) is 0.506. The lowest BCUT2D eigenvalue weighted by atomic mass is 10.2. The Morgan fingerprint density at radius 2 is 1.69 bits per heavy atom. The monoisotopic (exact) mass is 458 g/mol. The second-order valence-corrected chi connectivity index (χ2v) is 8.42. The van der Waals surface area contributed by atoms with Gasteiger partial charge in [-0.15, -0.1) is 0 Å². The molecule has 0 saturated carbocycles. The summed E-state index contributed by atoms with van der Waals surface area (Å²) < 4.78 is 51.6. The van der Waals surface area contributed by atoms with Gasteiger partial charge in [0.25, 0.3) is 15.9 Å². The first-order chi connectivity index (χ1) is 15.3. The second kappa shape index (κ2) is 10.1. The number of hydrogen-bond donors (Lipinski definition) is 2. The van der Waals surface area contributed by atoms with Gasteiger partial charge in [0.1, 0.15) is 5.75 Å². The summed E-state index contributed by atoms with van der Waals surface area (Å²) in [4.78, 5) is 12.4. The van der Waals surface area contributed by atoms with Crippen LogP contribution < -0.4 is 19.5 Å². The topological polar surface area (TPSA) is 93.7 Å². The van der Waals surface area contributed by atoms with Crippen LogP contribution >= 0.6 is 0 Å². The molecule has 168 valence electrons. The lowest BCUT2D eigenvalue weighted by Gasteiger charge is -2.10. The summed E-state index contributed by atoms with van der Waals surface area (Å²) in [6.45, 7) is 2.49. The lowest BCUT2D eigenvalue weighted by molar-refractivity contribution is 0.0950. The van der Waals surface area contributed by atoms with E-state index < -0.39 is 21.7 Å². The molecular weight excluding hydrogens is 435 g/mol. The van der Waals surface area contributed by atoms with Gasteiger partial charge in [-0.3, -0.25) is 9.52 Å². The smallest absolute Gasteiger partial charge is 0.261 e. The van der Waals surface area contributed by atoms with E-state index in [1.54, 1.807) is 30.3 Å². The summed E-state index contributed by atoms with van der Waals surface area (Å²) in [6, 6.07) is 16.5. The Bertz CT molecular complexity index is 1180. The molecule has 0 radical (unpaired) electrons. The number of anilines is 1. The van der Waals surface area contributed by atoms with Crippen LogP contribution in [0.1, 0.15) is 22.8 Å². The molecule has 0 atom stereocenters. The number of benzene rings is 3. The van der Waals surface area contributed by atoms with Gasteiger partial charge in [0, 0.05) is 17.8 Å². The summed E-state index contributed by atoms with van der Waals surface area (Å²) in [5, 5.41) is 2.67. The van der Waals surface area contributed by atoms with Crippen LogP contribution in [0.25, 0.3) is 0 Å². The minimum atomic E-state index is -3.82. The first-order valence-corrected chi connectivity index (χ1v) is 11.3. The van der Waals surface area contributed by atoms with Crippen molar-refractivity contribution in [3.05, 3.63) is 83.7 Å². The molecule has 2 N–H and O–H groups in total. The van der Waals surface area contributed by atoms with Crippen LogP contribution in [0.15, 0.2) is 71.6 Å². The zero-order valence-corrected chi connectivity index (χ0v) is 18.4. The normalized spacial score (nSPS) is 11.0. The van der Waals surface area contributed by atoms with Gasteiger partial charge >= 0.3 is 0 Å². The molecule has 0 aliphatic heterocycles. The van der Waals surface area contributed by atoms with Crippen molar-refractivity contribution < 1.29 is 27.1 Å². The first-order valence-electron chi connectivity index (χ1n) is 9.78. The number of carbonyl (C=O) groups excluding carboxylic acids is 1. The van der Waals surface area contributed by atoms with Crippen LogP contribution in [0, 0.1) is 5.82 Å². The van der Waals surface area contributed by atoms with Crippen molar-refractivity contribution in [3.8, 4) is 11.5 Å². The van der Waals surface area contributed by atoms with Gasteiger partial charge in [0.15, 0.2) is 11.6 Å². The van der Waals surface area contributed by atoms with Crippen molar-refractivity contribution in [2.45, 2.75) is 18.4 Å². The number of nitrogens with one attached hydrogen (secondary N) is 2. The van der Waals surface area contributed by atoms with Crippen LogP contribution in [0.4, 0.5) is 10.1 Å². The summed E-state index contributed by atoms with van der Waals surface area (Å²) in [5.41, 5.74) is 1.23. The highest BCUT2D eigenvalue weighted by molar-refractivity contribution is 7.92. The molecule has 3 aromatic carbocycles. The maximum atomic E-state index is 13.8. The Morgan fingerprint density at radius 1 is 1.00 bits per heavy atom. The summed E-state index contributed by atoms with van der Waals surface area (Å²) >= 11 is 0. The number of halogens is 1. The van der Waals surface area contributed by atoms with Crippen LogP contribution in [0.5, 0.6) is 11.5 Å². The number of methoxy groups -OCH3 is 1. The van der Waals surface area contributed by atoms with Gasteiger partial charge in [-0.1, -0.05) is 6.07 Å². The molecule has 3 rings (SSSR count). The standard InChI is InChI=1S/C23H23FN2O5S/c1-3-31-19-9-7-18(8-10-19)26-32(28,29)20-11-5-17(6-12-20)23(27)25-15-16-4-13-22(30-2)21(24)14-16/h4-14,26H,3,15H2,1-2H3,(H,25,27). The van der Waals surface area contributed by atoms with Crippen molar-refractivity contribution >= 4 is 21.6 Å². The SMILES string of the molecule is CCOc1ccc(NS(=O)(=O)c2ccc(C(=O)NCc3ccc(OC)c(F)c3)cc2)cc1. The fourth-order valence-electron chi connectivity index (χ4n) is 2.89. The van der Waals surface area contributed by atoms with Gasteiger partial charge in [-0.25, -0.2) is 12.8 Å². The molecule has 32 heavy (non-hydrogen) atoms. The van der Waals surface area contributed by atoms with E-state index in [4.69, 9.17) is 9.47 Å². The Hall–Kier alpha value is -3.59. The van der Waals surface area contributed by atoms with Gasteiger partial charge in [0.05, 0.1) is 18.6 Å². The molecule has 3 aromatic rings. The Balaban J connectivity index is 1.62. The summed E-state index contributed by atoms with van der Waals surface area (Å²) in [5.74, 6) is -0.169. The molecule has 9 heteroatoms. The van der Waals surface area contributed by atoms with E-state index in [-0.39, 0.29) is 22.8 Å². The second-order valence-electron chi connectivity index (χ2n) is 6.74. The maximum Gasteiger partial charge on any atom is 0.261 e. The number of sulfonamides is 1. The fourth-order valence-corrected chi connectivity index (χ4v) is 3.95. The molecular formula is C23H23FN2O5S. The molecule has 0 aromatic heterocycles. The van der Waals surface area contributed by atoms with Crippen LogP contribution in [0.3, 0.4) is 0 Å². The minimum absolute atomic E-state index is 0.0140. The van der Waals surface area contributed by atoms with E-state index in [1.807, 2.05) is 6.92 Å².